The molecule has 1 saturated heterocycles. The van der Waals surface area contributed by atoms with E-state index in [0.717, 1.165) is 29.9 Å². The monoisotopic (exact) mass is 233 g/mol. The Kier molecular flexibility index (Phi) is 2.70. The highest BCUT2D eigenvalue weighted by Crippen LogP contribution is 2.26. The zero-order valence-corrected chi connectivity index (χ0v) is 9.50. The fraction of sp³-hybridized carbons (Fsp3) is 0.417. The number of hydrogen-bond donors (Lipinski definition) is 1. The summed E-state index contributed by atoms with van der Waals surface area (Å²) in [4.78, 5) is 2.17. The second-order valence-electron chi connectivity index (χ2n) is 4.18. The number of benzene rings is 1. The first-order valence-electron chi connectivity index (χ1n) is 5.79. The minimum Gasteiger partial charge on any atom is -0.373 e. The van der Waals surface area contributed by atoms with Gasteiger partial charge in [0.25, 0.3) is 0 Å². The van der Waals surface area contributed by atoms with Crippen LogP contribution < -0.4 is 10.6 Å². The molecule has 1 aromatic carbocycles. The van der Waals surface area contributed by atoms with Gasteiger partial charge in [0.2, 0.25) is 0 Å². The number of nitrogens with zero attached hydrogens (tertiary/aromatic N) is 2. The summed E-state index contributed by atoms with van der Waals surface area (Å²) in [7, 11) is 0. The average Bonchev–Trinajstić information content (AvgIpc) is 2.82. The second-order valence-corrected chi connectivity index (χ2v) is 4.18. The number of hydrogen-bond acceptors (Lipinski definition) is 5. The molecule has 0 bridgehead atoms. The highest BCUT2D eigenvalue weighted by atomic mass is 16.5. The van der Waals surface area contributed by atoms with E-state index in [1.54, 1.807) is 0 Å². The van der Waals surface area contributed by atoms with Crippen LogP contribution in [-0.4, -0.2) is 37.5 Å². The van der Waals surface area contributed by atoms with Gasteiger partial charge in [-0.2, -0.15) is 0 Å². The van der Waals surface area contributed by atoms with Crippen molar-refractivity contribution in [3.63, 3.8) is 0 Å². The molecule has 1 fully saturated rings. The van der Waals surface area contributed by atoms with Gasteiger partial charge in [-0.3, -0.25) is 0 Å². The fourth-order valence-corrected chi connectivity index (χ4v) is 2.15. The van der Waals surface area contributed by atoms with Crippen molar-refractivity contribution in [1.29, 1.82) is 0 Å². The van der Waals surface area contributed by atoms with Crippen LogP contribution in [0.25, 0.3) is 11.0 Å². The van der Waals surface area contributed by atoms with E-state index in [0.29, 0.717) is 13.2 Å². The molecule has 0 spiro atoms. The van der Waals surface area contributed by atoms with Crippen LogP contribution in [0.3, 0.4) is 0 Å². The van der Waals surface area contributed by atoms with E-state index < -0.39 is 0 Å². The minimum absolute atomic E-state index is 0.0826. The number of anilines is 1. The Hall–Kier alpha value is -1.59. The van der Waals surface area contributed by atoms with Crippen molar-refractivity contribution in [3.05, 3.63) is 24.3 Å². The van der Waals surface area contributed by atoms with Crippen LogP contribution in [0.1, 0.15) is 0 Å². The number of ether oxygens (including phenoxy) is 1. The Morgan fingerprint density at radius 2 is 2.29 bits per heavy atom. The Morgan fingerprint density at radius 3 is 3.18 bits per heavy atom. The van der Waals surface area contributed by atoms with Gasteiger partial charge in [0, 0.05) is 19.6 Å². The Morgan fingerprint density at radius 1 is 1.41 bits per heavy atom. The fourth-order valence-electron chi connectivity index (χ4n) is 2.15. The molecule has 2 heterocycles. The largest absolute Gasteiger partial charge is 0.373 e. The summed E-state index contributed by atoms with van der Waals surface area (Å²) in [5, 5.41) is 5.19. The highest BCUT2D eigenvalue weighted by molar-refractivity contribution is 5.88. The molecule has 5 heteroatoms. The van der Waals surface area contributed by atoms with E-state index >= 15 is 0 Å². The third-order valence-electron chi connectivity index (χ3n) is 3.06. The van der Waals surface area contributed by atoms with E-state index in [2.05, 4.69) is 10.1 Å². The van der Waals surface area contributed by atoms with Crippen LogP contribution >= 0.6 is 0 Å². The van der Waals surface area contributed by atoms with E-state index in [-0.39, 0.29) is 6.10 Å². The number of aromatic nitrogens is 1. The summed E-state index contributed by atoms with van der Waals surface area (Å²) < 4.78 is 10.8. The summed E-state index contributed by atoms with van der Waals surface area (Å²) in [6.45, 7) is 2.81. The summed E-state index contributed by atoms with van der Waals surface area (Å²) in [6, 6.07) is 7.88. The molecule has 1 unspecified atom stereocenters. The quantitative estimate of drug-likeness (QED) is 0.838. The standard InChI is InChI=1S/C12H15N3O2/c13-7-9-8-15(5-6-16-9)12-10-3-1-2-4-11(10)17-14-12/h1-4,9H,5-8,13H2. The maximum atomic E-state index is 5.64. The first-order chi connectivity index (χ1) is 8.38. The molecule has 1 aromatic heterocycles. The maximum absolute atomic E-state index is 5.64. The van der Waals surface area contributed by atoms with Crippen LogP contribution in [0.5, 0.6) is 0 Å². The van der Waals surface area contributed by atoms with Gasteiger partial charge in [0.05, 0.1) is 18.1 Å². The lowest BCUT2D eigenvalue weighted by molar-refractivity contribution is 0.0462. The van der Waals surface area contributed by atoms with E-state index in [1.165, 1.54) is 0 Å². The van der Waals surface area contributed by atoms with Crippen molar-refractivity contribution in [3.8, 4) is 0 Å². The van der Waals surface area contributed by atoms with Crippen LogP contribution in [0.4, 0.5) is 5.82 Å². The molecule has 1 aliphatic heterocycles. The number of rotatable bonds is 2. The molecule has 17 heavy (non-hydrogen) atoms. The van der Waals surface area contributed by atoms with Gasteiger partial charge >= 0.3 is 0 Å². The summed E-state index contributed by atoms with van der Waals surface area (Å²) in [5.41, 5.74) is 6.45. The van der Waals surface area contributed by atoms with Crippen LogP contribution in [-0.2, 0) is 4.74 Å². The molecule has 0 aliphatic carbocycles. The third kappa shape index (κ3) is 1.87. The predicted molar refractivity (Wildman–Crippen MR) is 65.0 cm³/mol. The molecular formula is C12H15N3O2. The molecule has 2 aromatic rings. The highest BCUT2D eigenvalue weighted by Gasteiger charge is 2.23. The predicted octanol–water partition coefficient (Wildman–Crippen LogP) is 0.992. The molecule has 1 atom stereocenters. The third-order valence-corrected chi connectivity index (χ3v) is 3.06. The molecule has 90 valence electrons. The Bertz CT molecular complexity index is 511. The van der Waals surface area contributed by atoms with Gasteiger partial charge in [-0.25, -0.2) is 0 Å². The van der Waals surface area contributed by atoms with Crippen LogP contribution in [0, 0.1) is 0 Å². The summed E-state index contributed by atoms with van der Waals surface area (Å²) in [6.07, 6.45) is 0.0826. The van der Waals surface area contributed by atoms with Crippen LogP contribution in [0.2, 0.25) is 0 Å². The van der Waals surface area contributed by atoms with Crippen molar-refractivity contribution >= 4 is 16.8 Å². The average molecular weight is 233 g/mol. The molecule has 3 rings (SSSR count). The molecule has 0 radical (unpaired) electrons. The van der Waals surface area contributed by atoms with Gasteiger partial charge in [-0.05, 0) is 12.1 Å². The SMILES string of the molecule is NCC1CN(c2noc3ccccc23)CCO1. The van der Waals surface area contributed by atoms with Crippen molar-refractivity contribution in [2.45, 2.75) is 6.10 Å². The normalized spacial score (nSPS) is 21.0. The van der Waals surface area contributed by atoms with Crippen molar-refractivity contribution in [2.24, 2.45) is 5.73 Å². The molecule has 5 nitrogen and oxygen atoms in total. The van der Waals surface area contributed by atoms with Crippen molar-refractivity contribution < 1.29 is 9.26 Å². The van der Waals surface area contributed by atoms with E-state index in [4.69, 9.17) is 15.0 Å². The van der Waals surface area contributed by atoms with Crippen molar-refractivity contribution in [1.82, 2.24) is 5.16 Å². The lowest BCUT2D eigenvalue weighted by Crippen LogP contribution is -2.45. The minimum atomic E-state index is 0.0826. The summed E-state index contributed by atoms with van der Waals surface area (Å²) >= 11 is 0. The van der Waals surface area contributed by atoms with Gasteiger partial charge in [0.15, 0.2) is 11.4 Å². The summed E-state index contributed by atoms with van der Waals surface area (Å²) in [5.74, 6) is 0.891. The maximum Gasteiger partial charge on any atom is 0.180 e. The molecule has 1 aliphatic rings. The number of morpholine rings is 1. The van der Waals surface area contributed by atoms with Crippen molar-refractivity contribution in [2.75, 3.05) is 31.1 Å². The Labute approximate surface area is 99.1 Å². The van der Waals surface area contributed by atoms with Gasteiger partial charge < -0.3 is 19.9 Å². The molecule has 0 amide bonds. The molecule has 2 N–H and O–H groups in total. The smallest absolute Gasteiger partial charge is 0.180 e. The lowest BCUT2D eigenvalue weighted by atomic mass is 10.2. The van der Waals surface area contributed by atoms with Gasteiger partial charge in [-0.15, -0.1) is 0 Å². The zero-order chi connectivity index (χ0) is 11.7. The van der Waals surface area contributed by atoms with E-state index in [9.17, 15) is 0 Å². The topological polar surface area (TPSA) is 64.5 Å². The van der Waals surface area contributed by atoms with Gasteiger partial charge in [0.1, 0.15) is 0 Å². The second kappa shape index (κ2) is 4.35. The first-order valence-corrected chi connectivity index (χ1v) is 5.79. The number of fused-ring (bicyclic) bond motifs is 1. The molecule has 0 saturated carbocycles. The lowest BCUT2D eigenvalue weighted by Gasteiger charge is -2.32. The molecular weight excluding hydrogens is 218 g/mol. The number of nitrogens with two attached hydrogens (primary N) is 1. The first kappa shape index (κ1) is 10.6. The zero-order valence-electron chi connectivity index (χ0n) is 9.50. The van der Waals surface area contributed by atoms with Crippen LogP contribution in [0.15, 0.2) is 28.8 Å². The Balaban J connectivity index is 1.92. The van der Waals surface area contributed by atoms with E-state index in [1.807, 2.05) is 24.3 Å². The number of para-hydroxylation sites is 1. The van der Waals surface area contributed by atoms with Gasteiger partial charge in [-0.1, -0.05) is 17.3 Å².